The van der Waals surface area contributed by atoms with Gasteiger partial charge in [-0.3, -0.25) is 9.36 Å². The molecule has 0 saturated heterocycles. The number of ketones is 1. The quantitative estimate of drug-likeness (QED) is 0.391. The van der Waals surface area contributed by atoms with Crippen LogP contribution in [0.25, 0.3) is 5.69 Å². The van der Waals surface area contributed by atoms with Crippen LogP contribution in [-0.2, 0) is 4.74 Å². The number of Topliss-reactive ketones (excluding diaryl/α,β-unsaturated/α-hetero) is 1. The average molecular weight is 415 g/mol. The Morgan fingerprint density at radius 2 is 2.00 bits per heavy atom. The number of carbonyl (C=O) groups is 1. The van der Waals surface area contributed by atoms with E-state index in [2.05, 4.69) is 21.7 Å². The molecule has 0 aliphatic carbocycles. The predicted molar refractivity (Wildman–Crippen MR) is 113 cm³/mol. The van der Waals surface area contributed by atoms with E-state index in [1.165, 1.54) is 11.8 Å². The zero-order valence-corrected chi connectivity index (χ0v) is 18.2. The molecule has 0 saturated carbocycles. The molecule has 2 aromatic heterocycles. The number of aromatic nitrogens is 4. The topological polar surface area (TPSA) is 71.2 Å². The first-order chi connectivity index (χ1) is 14.0. The van der Waals surface area contributed by atoms with Crippen molar-refractivity contribution < 1.29 is 14.3 Å². The monoisotopic (exact) mass is 414 g/mol. The highest BCUT2D eigenvalue weighted by molar-refractivity contribution is 7.99. The average Bonchev–Trinajstić information content (AvgIpc) is 3.30. The minimum Gasteiger partial charge on any atom is -0.495 e. The first-order valence-electron chi connectivity index (χ1n) is 9.34. The molecule has 1 aromatic carbocycles. The van der Waals surface area contributed by atoms with E-state index in [-0.39, 0.29) is 17.6 Å². The molecule has 29 heavy (non-hydrogen) atoms. The summed E-state index contributed by atoms with van der Waals surface area (Å²) < 4.78 is 14.7. The fourth-order valence-electron chi connectivity index (χ4n) is 3.58. The van der Waals surface area contributed by atoms with E-state index in [0.717, 1.165) is 28.4 Å². The van der Waals surface area contributed by atoms with E-state index in [9.17, 15) is 4.79 Å². The van der Waals surface area contributed by atoms with Crippen LogP contribution in [0.4, 0.5) is 0 Å². The number of benzene rings is 1. The minimum absolute atomic E-state index is 0.0635. The number of nitrogens with zero attached hydrogens (tertiary/aromatic N) is 4. The standard InChI is InChI=1S/C21H26N4O3S/c1-14-10-17(16(3)25(14)15(2)11-27-4)19(26)12-29-21-23-22-13-24(21)18-8-6-7-9-20(18)28-5/h6-10,13,15H,11-12H2,1-5H3/t15-/m1/s1. The third-order valence-electron chi connectivity index (χ3n) is 4.83. The van der Waals surface area contributed by atoms with Gasteiger partial charge in [-0.15, -0.1) is 10.2 Å². The Morgan fingerprint density at radius 1 is 1.24 bits per heavy atom. The number of methoxy groups -OCH3 is 2. The van der Waals surface area contributed by atoms with Crippen molar-refractivity contribution in [1.29, 1.82) is 0 Å². The molecule has 0 spiro atoms. The number of hydrogen-bond acceptors (Lipinski definition) is 6. The van der Waals surface area contributed by atoms with Gasteiger partial charge in [0.25, 0.3) is 0 Å². The lowest BCUT2D eigenvalue weighted by atomic mass is 10.2. The maximum absolute atomic E-state index is 12.9. The Labute approximate surface area is 175 Å². The van der Waals surface area contributed by atoms with Crippen molar-refractivity contribution in [2.75, 3.05) is 26.6 Å². The zero-order valence-electron chi connectivity index (χ0n) is 17.4. The molecule has 3 aromatic rings. The molecule has 0 unspecified atom stereocenters. The van der Waals surface area contributed by atoms with Gasteiger partial charge in [0.1, 0.15) is 12.1 Å². The normalized spacial score (nSPS) is 12.2. The molecular formula is C21H26N4O3S. The Hall–Kier alpha value is -2.58. The molecule has 7 nitrogen and oxygen atoms in total. The number of para-hydroxylation sites is 2. The Bertz CT molecular complexity index is 996. The zero-order chi connectivity index (χ0) is 21.0. The summed E-state index contributed by atoms with van der Waals surface area (Å²) in [7, 11) is 3.31. The lowest BCUT2D eigenvalue weighted by Crippen LogP contribution is -2.14. The Balaban J connectivity index is 1.78. The second kappa shape index (κ2) is 9.28. The highest BCUT2D eigenvalue weighted by Gasteiger charge is 2.20. The van der Waals surface area contributed by atoms with Crippen LogP contribution in [0, 0.1) is 13.8 Å². The lowest BCUT2D eigenvalue weighted by Gasteiger charge is -2.17. The van der Waals surface area contributed by atoms with Gasteiger partial charge in [-0.05, 0) is 39.0 Å². The van der Waals surface area contributed by atoms with Gasteiger partial charge in [-0.1, -0.05) is 23.9 Å². The first kappa shape index (κ1) is 21.1. The molecule has 154 valence electrons. The van der Waals surface area contributed by atoms with Gasteiger partial charge in [0.2, 0.25) is 0 Å². The van der Waals surface area contributed by atoms with E-state index < -0.39 is 0 Å². The van der Waals surface area contributed by atoms with Crippen molar-refractivity contribution in [2.24, 2.45) is 0 Å². The van der Waals surface area contributed by atoms with Crippen LogP contribution in [0.15, 0.2) is 41.8 Å². The number of hydrogen-bond donors (Lipinski definition) is 0. The van der Waals surface area contributed by atoms with Gasteiger partial charge >= 0.3 is 0 Å². The van der Waals surface area contributed by atoms with Crippen molar-refractivity contribution >= 4 is 17.5 Å². The summed E-state index contributed by atoms with van der Waals surface area (Å²) in [6.45, 7) is 6.68. The van der Waals surface area contributed by atoms with E-state index in [1.54, 1.807) is 20.5 Å². The summed E-state index contributed by atoms with van der Waals surface area (Å²) in [6.07, 6.45) is 1.63. The first-order valence-corrected chi connectivity index (χ1v) is 10.3. The van der Waals surface area contributed by atoms with Gasteiger partial charge in [-0.2, -0.15) is 0 Å². The molecule has 0 N–H and O–H groups in total. The molecular weight excluding hydrogens is 388 g/mol. The summed E-state index contributed by atoms with van der Waals surface area (Å²) in [5.74, 6) is 1.06. The van der Waals surface area contributed by atoms with Crippen LogP contribution in [0.5, 0.6) is 5.75 Å². The third kappa shape index (κ3) is 4.38. The third-order valence-corrected chi connectivity index (χ3v) is 5.77. The van der Waals surface area contributed by atoms with Gasteiger partial charge < -0.3 is 14.0 Å². The summed E-state index contributed by atoms with van der Waals surface area (Å²) in [5.41, 5.74) is 3.59. The van der Waals surface area contributed by atoms with Crippen LogP contribution in [0.1, 0.15) is 34.7 Å². The molecule has 8 heteroatoms. The van der Waals surface area contributed by atoms with Crippen LogP contribution < -0.4 is 4.74 Å². The molecule has 1 atom stereocenters. The van der Waals surface area contributed by atoms with E-state index >= 15 is 0 Å². The number of rotatable bonds is 9. The van der Waals surface area contributed by atoms with Crippen LogP contribution in [0.2, 0.25) is 0 Å². The van der Waals surface area contributed by atoms with Gasteiger partial charge in [0.05, 0.1) is 31.2 Å². The second-order valence-electron chi connectivity index (χ2n) is 6.83. The molecule has 0 radical (unpaired) electrons. The lowest BCUT2D eigenvalue weighted by molar-refractivity contribution is 0.102. The maximum atomic E-state index is 12.9. The molecule has 0 aliphatic rings. The van der Waals surface area contributed by atoms with Crippen molar-refractivity contribution in [2.45, 2.75) is 32.0 Å². The summed E-state index contributed by atoms with van der Waals surface area (Å²) in [5, 5.41) is 8.83. The fourth-order valence-corrected chi connectivity index (χ4v) is 4.38. The Morgan fingerprint density at radius 3 is 2.72 bits per heavy atom. The van der Waals surface area contributed by atoms with Crippen molar-refractivity contribution in [3.8, 4) is 11.4 Å². The Kier molecular flexibility index (Phi) is 6.76. The molecule has 0 aliphatic heterocycles. The van der Waals surface area contributed by atoms with Crippen molar-refractivity contribution in [3.05, 3.63) is 53.6 Å². The summed E-state index contributed by atoms with van der Waals surface area (Å²) in [4.78, 5) is 12.9. The van der Waals surface area contributed by atoms with Crippen LogP contribution >= 0.6 is 11.8 Å². The highest BCUT2D eigenvalue weighted by atomic mass is 32.2. The SMILES string of the molecule is COC[C@@H](C)n1c(C)cc(C(=O)CSc2nncn2-c2ccccc2OC)c1C. The van der Waals surface area contributed by atoms with Crippen LogP contribution in [0.3, 0.4) is 0 Å². The van der Waals surface area contributed by atoms with Crippen molar-refractivity contribution in [3.63, 3.8) is 0 Å². The number of ether oxygens (including phenoxy) is 2. The molecule has 2 heterocycles. The van der Waals surface area contributed by atoms with E-state index in [4.69, 9.17) is 9.47 Å². The van der Waals surface area contributed by atoms with Gasteiger partial charge in [0, 0.05) is 24.1 Å². The summed E-state index contributed by atoms with van der Waals surface area (Å²) in [6, 6.07) is 9.76. The number of carbonyl (C=O) groups excluding carboxylic acids is 1. The van der Waals surface area contributed by atoms with Gasteiger partial charge in [0.15, 0.2) is 10.9 Å². The van der Waals surface area contributed by atoms with E-state index in [0.29, 0.717) is 11.8 Å². The number of aryl methyl sites for hydroxylation is 1. The molecule has 0 bridgehead atoms. The van der Waals surface area contributed by atoms with Gasteiger partial charge in [-0.25, -0.2) is 0 Å². The maximum Gasteiger partial charge on any atom is 0.196 e. The number of thioether (sulfide) groups is 1. The van der Waals surface area contributed by atoms with E-state index in [1.807, 2.05) is 48.7 Å². The predicted octanol–water partition coefficient (Wildman–Crippen LogP) is 3.88. The van der Waals surface area contributed by atoms with Crippen molar-refractivity contribution in [1.82, 2.24) is 19.3 Å². The second-order valence-corrected chi connectivity index (χ2v) is 7.77. The van der Waals surface area contributed by atoms with Crippen LogP contribution in [-0.4, -0.2) is 51.7 Å². The minimum atomic E-state index is 0.0635. The fraction of sp³-hybridized carbons (Fsp3) is 0.381. The molecule has 3 rings (SSSR count). The highest BCUT2D eigenvalue weighted by Crippen LogP contribution is 2.28. The molecule has 0 fully saturated rings. The largest absolute Gasteiger partial charge is 0.495 e. The smallest absolute Gasteiger partial charge is 0.196 e. The molecule has 0 amide bonds. The summed E-state index contributed by atoms with van der Waals surface area (Å²) >= 11 is 1.36.